The first kappa shape index (κ1) is 22.6. The summed E-state index contributed by atoms with van der Waals surface area (Å²) in [7, 11) is 1.57. The fourth-order valence-electron chi connectivity index (χ4n) is 5.12. The SMILES string of the molecule is COc1ccc(N2C(=O)C(=O)/C(=C(\O)c3ccc4ccccc4c3)C2c2cccc3ccccc23)cc1. The van der Waals surface area contributed by atoms with Crippen LogP contribution in [0.3, 0.4) is 0 Å². The van der Waals surface area contributed by atoms with Gasteiger partial charge in [-0.1, -0.05) is 78.9 Å². The van der Waals surface area contributed by atoms with E-state index in [9.17, 15) is 14.7 Å². The molecule has 5 nitrogen and oxygen atoms in total. The van der Waals surface area contributed by atoms with Crippen LogP contribution in [0.2, 0.25) is 0 Å². The molecule has 1 saturated heterocycles. The van der Waals surface area contributed by atoms with E-state index in [1.54, 1.807) is 37.4 Å². The summed E-state index contributed by atoms with van der Waals surface area (Å²) in [6.07, 6.45) is 0. The van der Waals surface area contributed by atoms with Crippen LogP contribution in [0.5, 0.6) is 5.75 Å². The monoisotopic (exact) mass is 485 g/mol. The molecule has 6 rings (SSSR count). The number of methoxy groups -OCH3 is 1. The number of ketones is 1. The first-order valence-corrected chi connectivity index (χ1v) is 12.0. The van der Waals surface area contributed by atoms with Crippen LogP contribution in [0.4, 0.5) is 5.69 Å². The second kappa shape index (κ2) is 8.95. The number of aliphatic hydroxyl groups excluding tert-OH is 1. The van der Waals surface area contributed by atoms with E-state index in [0.717, 1.165) is 27.1 Å². The van der Waals surface area contributed by atoms with Gasteiger partial charge >= 0.3 is 0 Å². The van der Waals surface area contributed by atoms with Crippen LogP contribution >= 0.6 is 0 Å². The average molecular weight is 486 g/mol. The molecule has 1 aliphatic rings. The minimum Gasteiger partial charge on any atom is -0.507 e. The standard InChI is InChI=1S/C32H23NO4/c1-37-25-17-15-24(16-18-25)33-29(27-12-6-10-21-8-4-5-11-26(21)27)28(31(35)32(33)36)30(34)23-14-13-20-7-2-3-9-22(20)19-23/h2-19,29,34H,1H3/b30-28-. The van der Waals surface area contributed by atoms with Crippen LogP contribution < -0.4 is 9.64 Å². The van der Waals surface area contributed by atoms with Crippen LogP contribution in [0.25, 0.3) is 27.3 Å². The van der Waals surface area contributed by atoms with Gasteiger partial charge in [0.25, 0.3) is 11.7 Å². The van der Waals surface area contributed by atoms with E-state index in [0.29, 0.717) is 17.0 Å². The number of fused-ring (bicyclic) bond motifs is 2. The quantitative estimate of drug-likeness (QED) is 0.176. The van der Waals surface area contributed by atoms with Crippen molar-refractivity contribution in [1.29, 1.82) is 0 Å². The number of nitrogens with zero attached hydrogens (tertiary/aromatic N) is 1. The highest BCUT2D eigenvalue weighted by Gasteiger charge is 2.47. The minimum atomic E-state index is -0.814. The summed E-state index contributed by atoms with van der Waals surface area (Å²) in [5, 5.41) is 15.4. The van der Waals surface area contributed by atoms with Crippen LogP contribution in [0.15, 0.2) is 115 Å². The van der Waals surface area contributed by atoms with Crippen LogP contribution in [0, 0.1) is 0 Å². The van der Waals surface area contributed by atoms with Crippen molar-refractivity contribution < 1.29 is 19.4 Å². The number of amides is 1. The molecule has 1 heterocycles. The van der Waals surface area contributed by atoms with Crippen molar-refractivity contribution >= 4 is 44.7 Å². The highest BCUT2D eigenvalue weighted by Crippen LogP contribution is 2.44. The van der Waals surface area contributed by atoms with Crippen molar-refractivity contribution in [3.8, 4) is 5.75 Å². The number of aliphatic hydroxyl groups is 1. The number of benzene rings is 5. The zero-order valence-corrected chi connectivity index (χ0v) is 20.1. The van der Waals surface area contributed by atoms with Crippen LogP contribution in [-0.4, -0.2) is 23.9 Å². The van der Waals surface area contributed by atoms with Gasteiger partial charge in [-0.3, -0.25) is 14.5 Å². The number of hydrogen-bond acceptors (Lipinski definition) is 4. The van der Waals surface area contributed by atoms with Crippen LogP contribution in [0.1, 0.15) is 17.2 Å². The summed E-state index contributed by atoms with van der Waals surface area (Å²) in [4.78, 5) is 28.6. The molecule has 0 aromatic heterocycles. The molecule has 0 spiro atoms. The fraction of sp³-hybridized carbons (Fsp3) is 0.0625. The molecule has 1 atom stereocenters. The third-order valence-corrected chi connectivity index (χ3v) is 6.94. The third-order valence-electron chi connectivity index (χ3n) is 6.94. The summed E-state index contributed by atoms with van der Waals surface area (Å²) in [5.74, 6) is -0.971. The smallest absolute Gasteiger partial charge is 0.300 e. The lowest BCUT2D eigenvalue weighted by molar-refractivity contribution is -0.132. The van der Waals surface area contributed by atoms with Gasteiger partial charge in [-0.25, -0.2) is 0 Å². The Kier molecular flexibility index (Phi) is 5.46. The molecule has 1 unspecified atom stereocenters. The zero-order valence-electron chi connectivity index (χ0n) is 20.1. The summed E-state index contributed by atoms with van der Waals surface area (Å²) in [6, 6.07) is 33.1. The Morgan fingerprint density at radius 2 is 1.43 bits per heavy atom. The lowest BCUT2D eigenvalue weighted by Gasteiger charge is -2.26. The van der Waals surface area contributed by atoms with Gasteiger partial charge in [0.15, 0.2) is 0 Å². The van der Waals surface area contributed by atoms with Gasteiger partial charge in [0.2, 0.25) is 0 Å². The Morgan fingerprint density at radius 3 is 2.19 bits per heavy atom. The summed E-state index contributed by atoms with van der Waals surface area (Å²) in [5.41, 5.74) is 1.85. The van der Waals surface area contributed by atoms with Gasteiger partial charge in [-0.15, -0.1) is 0 Å². The highest BCUT2D eigenvalue weighted by atomic mass is 16.5. The molecule has 0 aliphatic carbocycles. The van der Waals surface area contributed by atoms with E-state index in [-0.39, 0.29) is 11.3 Å². The lowest BCUT2D eigenvalue weighted by atomic mass is 9.91. The van der Waals surface area contributed by atoms with Gasteiger partial charge in [0.1, 0.15) is 11.5 Å². The predicted molar refractivity (Wildman–Crippen MR) is 146 cm³/mol. The van der Waals surface area contributed by atoms with Gasteiger partial charge in [-0.05, 0) is 57.4 Å². The van der Waals surface area contributed by atoms with Gasteiger partial charge in [-0.2, -0.15) is 0 Å². The van der Waals surface area contributed by atoms with E-state index in [1.165, 1.54) is 4.90 Å². The van der Waals surface area contributed by atoms with Gasteiger partial charge < -0.3 is 9.84 Å². The molecule has 5 aromatic carbocycles. The molecule has 0 saturated carbocycles. The maximum atomic E-state index is 13.6. The molecule has 1 N–H and O–H groups in total. The Hall–Kier alpha value is -4.90. The zero-order chi connectivity index (χ0) is 25.5. The number of hydrogen-bond donors (Lipinski definition) is 1. The largest absolute Gasteiger partial charge is 0.507 e. The summed E-state index contributed by atoms with van der Waals surface area (Å²) >= 11 is 0. The number of carbonyl (C=O) groups is 2. The number of rotatable bonds is 4. The van der Waals surface area contributed by atoms with E-state index in [4.69, 9.17) is 4.74 Å². The normalized spacial score (nSPS) is 17.0. The molecule has 37 heavy (non-hydrogen) atoms. The van der Waals surface area contributed by atoms with Crippen molar-refractivity contribution in [2.45, 2.75) is 6.04 Å². The summed E-state index contributed by atoms with van der Waals surface area (Å²) < 4.78 is 5.28. The Morgan fingerprint density at radius 1 is 0.757 bits per heavy atom. The topological polar surface area (TPSA) is 66.8 Å². The van der Waals surface area contributed by atoms with E-state index in [1.807, 2.05) is 78.9 Å². The van der Waals surface area contributed by atoms with Crippen LogP contribution in [-0.2, 0) is 9.59 Å². The fourth-order valence-corrected chi connectivity index (χ4v) is 5.12. The Balaban J connectivity index is 1.61. The molecule has 5 aromatic rings. The van der Waals surface area contributed by atoms with E-state index >= 15 is 0 Å². The maximum Gasteiger partial charge on any atom is 0.300 e. The molecular weight excluding hydrogens is 462 g/mol. The number of Topliss-reactive ketones (excluding diaryl/α,β-unsaturated/α-hetero) is 1. The lowest BCUT2D eigenvalue weighted by Crippen LogP contribution is -2.29. The van der Waals surface area contributed by atoms with Crippen molar-refractivity contribution in [1.82, 2.24) is 0 Å². The predicted octanol–water partition coefficient (Wildman–Crippen LogP) is 6.63. The molecule has 1 amide bonds. The average Bonchev–Trinajstić information content (AvgIpc) is 3.21. The first-order valence-electron chi connectivity index (χ1n) is 12.0. The molecule has 0 radical (unpaired) electrons. The summed E-state index contributed by atoms with van der Waals surface area (Å²) in [6.45, 7) is 0. The number of carbonyl (C=O) groups excluding carboxylic acids is 2. The van der Waals surface area contributed by atoms with Crippen molar-refractivity contribution in [3.63, 3.8) is 0 Å². The molecule has 180 valence electrons. The molecule has 1 fully saturated rings. The third kappa shape index (κ3) is 3.72. The van der Waals surface area contributed by atoms with Gasteiger partial charge in [0, 0.05) is 11.3 Å². The number of anilines is 1. The Bertz CT molecular complexity index is 1710. The maximum absolute atomic E-state index is 13.6. The van der Waals surface area contributed by atoms with Gasteiger partial charge in [0.05, 0.1) is 18.7 Å². The minimum absolute atomic E-state index is 0.0625. The Labute approximate surface area is 213 Å². The highest BCUT2D eigenvalue weighted by molar-refractivity contribution is 6.52. The second-order valence-corrected chi connectivity index (χ2v) is 9.00. The van der Waals surface area contributed by atoms with Crippen molar-refractivity contribution in [2.24, 2.45) is 0 Å². The van der Waals surface area contributed by atoms with Crippen molar-refractivity contribution in [3.05, 3.63) is 126 Å². The molecule has 0 bridgehead atoms. The van der Waals surface area contributed by atoms with E-state index < -0.39 is 17.7 Å². The molecule has 1 aliphatic heterocycles. The number of ether oxygens (including phenoxy) is 1. The second-order valence-electron chi connectivity index (χ2n) is 9.00. The first-order chi connectivity index (χ1) is 18.1. The molecular formula is C32H23NO4. The van der Waals surface area contributed by atoms with E-state index in [2.05, 4.69) is 0 Å². The van der Waals surface area contributed by atoms with Crippen molar-refractivity contribution in [2.75, 3.05) is 12.0 Å². The molecule has 5 heteroatoms.